The Morgan fingerprint density at radius 3 is 2.65 bits per heavy atom. The highest BCUT2D eigenvalue weighted by atomic mass is 32.2. The number of nitrogens with one attached hydrogen (secondary N) is 1. The molecule has 0 spiro atoms. The van der Waals surface area contributed by atoms with Gasteiger partial charge in [-0.2, -0.15) is 0 Å². The largest absolute Gasteiger partial charge is 0.388 e. The van der Waals surface area contributed by atoms with Crippen LogP contribution in [0.15, 0.2) is 52.3 Å². The van der Waals surface area contributed by atoms with Crippen LogP contribution in [0.2, 0.25) is 0 Å². The molecule has 0 aliphatic carbocycles. The van der Waals surface area contributed by atoms with Crippen molar-refractivity contribution in [2.24, 2.45) is 0 Å². The smallest absolute Gasteiger partial charge is 0.123 e. The van der Waals surface area contributed by atoms with E-state index >= 15 is 0 Å². The summed E-state index contributed by atoms with van der Waals surface area (Å²) in [6.45, 7) is 1.92. The molecule has 0 saturated carbocycles. The van der Waals surface area contributed by atoms with Crippen LogP contribution in [0.25, 0.3) is 0 Å². The fourth-order valence-corrected chi connectivity index (χ4v) is 2.51. The van der Waals surface area contributed by atoms with Crippen LogP contribution in [0.3, 0.4) is 0 Å². The van der Waals surface area contributed by atoms with Crippen molar-refractivity contribution in [2.75, 3.05) is 12.4 Å². The molecule has 0 saturated heterocycles. The Hall–Kier alpha value is -1.48. The lowest BCUT2D eigenvalue weighted by atomic mass is 10.2. The first-order valence-electron chi connectivity index (χ1n) is 5.41. The van der Waals surface area contributed by atoms with Gasteiger partial charge >= 0.3 is 0 Å². The fraction of sp³-hybridized carbons (Fsp3) is 0.143. The molecule has 0 bridgehead atoms. The van der Waals surface area contributed by atoms with E-state index in [1.807, 2.05) is 38.2 Å². The van der Waals surface area contributed by atoms with E-state index in [4.69, 9.17) is 0 Å². The van der Waals surface area contributed by atoms with Gasteiger partial charge in [-0.3, -0.25) is 0 Å². The number of hydrogen-bond acceptors (Lipinski definition) is 2. The molecule has 3 heteroatoms. The third-order valence-electron chi connectivity index (χ3n) is 2.49. The fourth-order valence-electron chi connectivity index (χ4n) is 1.57. The van der Waals surface area contributed by atoms with Crippen LogP contribution >= 0.6 is 11.8 Å². The number of halogens is 1. The van der Waals surface area contributed by atoms with Crippen LogP contribution < -0.4 is 5.32 Å². The van der Waals surface area contributed by atoms with E-state index in [-0.39, 0.29) is 5.82 Å². The number of anilines is 1. The second kappa shape index (κ2) is 5.23. The van der Waals surface area contributed by atoms with Crippen molar-refractivity contribution in [3.05, 3.63) is 53.8 Å². The predicted octanol–water partition coefficient (Wildman–Crippen LogP) is 4.33. The van der Waals surface area contributed by atoms with Crippen LogP contribution in [0.1, 0.15) is 5.56 Å². The van der Waals surface area contributed by atoms with Crippen LogP contribution in [-0.4, -0.2) is 7.05 Å². The Morgan fingerprint density at radius 1 is 1.12 bits per heavy atom. The van der Waals surface area contributed by atoms with Crippen LogP contribution in [0.5, 0.6) is 0 Å². The van der Waals surface area contributed by atoms with Gasteiger partial charge < -0.3 is 5.32 Å². The van der Waals surface area contributed by atoms with E-state index in [0.717, 1.165) is 21.0 Å². The molecule has 1 N–H and O–H groups in total. The standard InChI is InChI=1S/C14H14FNS/c1-10-8-11(15)6-7-14(10)17-13-5-3-4-12(9-13)16-2/h3-9,16H,1-2H3. The normalized spacial score (nSPS) is 10.3. The highest BCUT2D eigenvalue weighted by molar-refractivity contribution is 7.99. The summed E-state index contributed by atoms with van der Waals surface area (Å²) in [7, 11) is 1.90. The van der Waals surface area contributed by atoms with Gasteiger partial charge in [-0.1, -0.05) is 17.8 Å². The summed E-state index contributed by atoms with van der Waals surface area (Å²) < 4.78 is 13.0. The van der Waals surface area contributed by atoms with Gasteiger partial charge in [0.05, 0.1) is 0 Å². The van der Waals surface area contributed by atoms with Gasteiger partial charge in [0.15, 0.2) is 0 Å². The first-order valence-corrected chi connectivity index (χ1v) is 6.22. The molecule has 0 amide bonds. The van der Waals surface area contributed by atoms with E-state index in [1.165, 1.54) is 6.07 Å². The molecular formula is C14H14FNS. The minimum Gasteiger partial charge on any atom is -0.388 e. The van der Waals surface area contributed by atoms with Gasteiger partial charge in [0.1, 0.15) is 5.82 Å². The predicted molar refractivity (Wildman–Crippen MR) is 71.2 cm³/mol. The molecule has 88 valence electrons. The Morgan fingerprint density at radius 2 is 1.94 bits per heavy atom. The van der Waals surface area contributed by atoms with Crippen LogP contribution in [-0.2, 0) is 0 Å². The average molecular weight is 247 g/mol. The summed E-state index contributed by atoms with van der Waals surface area (Å²) in [4.78, 5) is 2.23. The van der Waals surface area contributed by atoms with E-state index in [9.17, 15) is 4.39 Å². The molecule has 2 aromatic carbocycles. The topological polar surface area (TPSA) is 12.0 Å². The molecule has 1 nitrogen and oxygen atoms in total. The zero-order valence-electron chi connectivity index (χ0n) is 9.83. The maximum Gasteiger partial charge on any atom is 0.123 e. The van der Waals surface area contributed by atoms with E-state index in [1.54, 1.807) is 17.8 Å². The summed E-state index contributed by atoms with van der Waals surface area (Å²) in [5.41, 5.74) is 2.04. The highest BCUT2D eigenvalue weighted by Crippen LogP contribution is 2.31. The minimum absolute atomic E-state index is 0.184. The Balaban J connectivity index is 2.25. The quantitative estimate of drug-likeness (QED) is 0.866. The van der Waals surface area contributed by atoms with Gasteiger partial charge in [-0.25, -0.2) is 4.39 Å². The number of rotatable bonds is 3. The number of aryl methyl sites for hydroxylation is 1. The third-order valence-corrected chi connectivity index (χ3v) is 3.66. The van der Waals surface area contributed by atoms with E-state index in [0.29, 0.717) is 0 Å². The van der Waals surface area contributed by atoms with Gasteiger partial charge in [0.2, 0.25) is 0 Å². The number of benzene rings is 2. The summed E-state index contributed by atoms with van der Waals surface area (Å²) in [5, 5.41) is 3.10. The molecule has 0 fully saturated rings. The van der Waals surface area contributed by atoms with E-state index < -0.39 is 0 Å². The van der Waals surface area contributed by atoms with Gasteiger partial charge in [0, 0.05) is 22.5 Å². The molecular weight excluding hydrogens is 233 g/mol. The lowest BCUT2D eigenvalue weighted by molar-refractivity contribution is 0.625. The molecule has 17 heavy (non-hydrogen) atoms. The van der Waals surface area contributed by atoms with Crippen molar-refractivity contribution in [3.8, 4) is 0 Å². The van der Waals surface area contributed by atoms with Crippen molar-refractivity contribution in [1.82, 2.24) is 0 Å². The Labute approximate surface area is 105 Å². The Kier molecular flexibility index (Phi) is 3.69. The first-order chi connectivity index (χ1) is 8.19. The third kappa shape index (κ3) is 3.01. The Bertz CT molecular complexity index is 525. The van der Waals surface area contributed by atoms with Crippen LogP contribution in [0.4, 0.5) is 10.1 Å². The van der Waals surface area contributed by atoms with Crippen molar-refractivity contribution in [1.29, 1.82) is 0 Å². The molecule has 2 rings (SSSR count). The maximum absolute atomic E-state index is 13.0. The first kappa shape index (κ1) is 12.0. The van der Waals surface area contributed by atoms with Crippen LogP contribution in [0, 0.1) is 12.7 Å². The molecule has 0 aliphatic rings. The monoisotopic (exact) mass is 247 g/mol. The van der Waals surface area contributed by atoms with E-state index in [2.05, 4.69) is 11.4 Å². The second-order valence-corrected chi connectivity index (χ2v) is 4.91. The second-order valence-electron chi connectivity index (χ2n) is 3.79. The summed E-state index contributed by atoms with van der Waals surface area (Å²) >= 11 is 1.65. The molecule has 0 aromatic heterocycles. The molecule has 0 unspecified atom stereocenters. The highest BCUT2D eigenvalue weighted by Gasteiger charge is 2.03. The number of hydrogen-bond donors (Lipinski definition) is 1. The zero-order valence-corrected chi connectivity index (χ0v) is 10.6. The lowest BCUT2D eigenvalue weighted by Gasteiger charge is -2.07. The van der Waals surface area contributed by atoms with Gasteiger partial charge in [0.25, 0.3) is 0 Å². The van der Waals surface area contributed by atoms with Crippen molar-refractivity contribution >= 4 is 17.4 Å². The average Bonchev–Trinajstić information content (AvgIpc) is 2.33. The molecule has 0 atom stereocenters. The van der Waals surface area contributed by atoms with Crippen molar-refractivity contribution < 1.29 is 4.39 Å². The summed E-state index contributed by atoms with van der Waals surface area (Å²) in [5.74, 6) is -0.184. The minimum atomic E-state index is -0.184. The molecule has 2 aromatic rings. The van der Waals surface area contributed by atoms with Crippen molar-refractivity contribution in [2.45, 2.75) is 16.7 Å². The molecule has 0 heterocycles. The molecule has 0 radical (unpaired) electrons. The van der Waals surface area contributed by atoms with Gasteiger partial charge in [-0.15, -0.1) is 0 Å². The SMILES string of the molecule is CNc1cccc(Sc2ccc(F)cc2C)c1. The van der Waals surface area contributed by atoms with Crippen molar-refractivity contribution in [3.63, 3.8) is 0 Å². The maximum atomic E-state index is 13.0. The zero-order chi connectivity index (χ0) is 12.3. The van der Waals surface area contributed by atoms with Gasteiger partial charge in [-0.05, 0) is 48.9 Å². The molecule has 0 aliphatic heterocycles. The lowest BCUT2D eigenvalue weighted by Crippen LogP contribution is -1.87. The summed E-state index contributed by atoms with van der Waals surface area (Å²) in [6, 6.07) is 13.0. The summed E-state index contributed by atoms with van der Waals surface area (Å²) in [6.07, 6.45) is 0.